The Morgan fingerprint density at radius 1 is 0.417 bits per heavy atom. The summed E-state index contributed by atoms with van der Waals surface area (Å²) >= 11 is 0. The summed E-state index contributed by atoms with van der Waals surface area (Å²) in [5.74, 6) is 0. The fourth-order valence-electron chi connectivity index (χ4n) is 7.31. The second-order valence-corrected chi connectivity index (χ2v) is 15.6. The van der Waals surface area contributed by atoms with E-state index in [2.05, 4.69) is 160 Å². The van der Waals surface area contributed by atoms with Gasteiger partial charge in [-0.3, -0.25) is 0 Å². The summed E-state index contributed by atoms with van der Waals surface area (Å²) in [5.41, 5.74) is 6.15. The van der Waals surface area contributed by atoms with E-state index < -0.39 is 8.07 Å². The van der Waals surface area contributed by atoms with Gasteiger partial charge in [-0.1, -0.05) is 152 Å². The van der Waals surface area contributed by atoms with Gasteiger partial charge in [0.05, 0.1) is 29.9 Å². The molecule has 8 aromatic rings. The Hall–Kier alpha value is -6.46. The van der Waals surface area contributed by atoms with Crippen LogP contribution in [-0.2, 0) is 0 Å². The maximum absolute atomic E-state index is 8.34. The summed E-state index contributed by atoms with van der Waals surface area (Å²) in [6.07, 6.45) is 0. The van der Waals surface area contributed by atoms with Gasteiger partial charge < -0.3 is 4.57 Å². The van der Waals surface area contributed by atoms with Crippen LogP contribution >= 0.6 is 0 Å². The number of hydrogen-bond acceptors (Lipinski definition) is 0. The molecule has 7 aromatic carbocycles. The molecule has 0 saturated carbocycles. The summed E-state index contributed by atoms with van der Waals surface area (Å²) < 4.78 is 2.20. The van der Waals surface area contributed by atoms with E-state index in [1.54, 1.807) is 0 Å². The van der Waals surface area contributed by atoms with Crippen molar-refractivity contribution in [3.8, 4) is 16.8 Å². The van der Waals surface area contributed by atoms with Crippen molar-refractivity contribution in [3.05, 3.63) is 199 Å². The highest BCUT2D eigenvalue weighted by Gasteiger charge is 2.42. The van der Waals surface area contributed by atoms with Crippen molar-refractivity contribution in [2.45, 2.75) is 0 Å². The zero-order valence-corrected chi connectivity index (χ0v) is 27.1. The molecular weight excluding hydrogens is 599 g/mol. The number of nitrogens with zero attached hydrogens (tertiary/aromatic N) is 3. The zero-order chi connectivity index (χ0) is 32.5. The minimum Gasteiger partial charge on any atom is -0.319 e. The van der Waals surface area contributed by atoms with Crippen molar-refractivity contribution in [1.82, 2.24) is 4.57 Å². The molecule has 0 unspecified atom stereocenters. The van der Waals surface area contributed by atoms with Gasteiger partial charge >= 0.3 is 0 Å². The van der Waals surface area contributed by atoms with Crippen molar-refractivity contribution in [2.24, 2.45) is 0 Å². The Bertz CT molecular complexity index is 2370. The predicted octanol–water partition coefficient (Wildman–Crippen LogP) is 8.93. The van der Waals surface area contributed by atoms with Gasteiger partial charge in [-0.2, -0.15) is 0 Å². The molecule has 0 aliphatic rings. The Morgan fingerprint density at radius 2 is 0.854 bits per heavy atom. The van der Waals surface area contributed by atoms with Crippen molar-refractivity contribution in [3.63, 3.8) is 0 Å². The molecular formula is C44H29N3Si. The van der Waals surface area contributed by atoms with Crippen molar-refractivity contribution >= 4 is 62.0 Å². The van der Waals surface area contributed by atoms with E-state index in [0.717, 1.165) is 43.8 Å². The van der Waals surface area contributed by atoms with E-state index in [4.69, 9.17) is 13.1 Å². The number of hydrogen-bond donors (Lipinski definition) is 0. The van der Waals surface area contributed by atoms with Crippen LogP contribution in [0.5, 0.6) is 0 Å². The van der Waals surface area contributed by atoms with Crippen LogP contribution in [0, 0.1) is 13.1 Å². The Balaban J connectivity index is 1.37. The van der Waals surface area contributed by atoms with Crippen molar-refractivity contribution in [2.75, 3.05) is 0 Å². The molecule has 1 heterocycles. The van der Waals surface area contributed by atoms with Crippen LogP contribution < -0.4 is 20.7 Å². The molecule has 0 atom stereocenters. The fraction of sp³-hybridized carbons (Fsp3) is 0. The smallest absolute Gasteiger partial charge is 0.211 e. The van der Waals surface area contributed by atoms with Gasteiger partial charge in [-0.05, 0) is 56.1 Å². The number of fused-ring (bicyclic) bond motifs is 3. The summed E-state index contributed by atoms with van der Waals surface area (Å²) in [5, 5.41) is 7.01. The molecule has 48 heavy (non-hydrogen) atoms. The van der Waals surface area contributed by atoms with Gasteiger partial charge in [0, 0.05) is 10.8 Å². The predicted molar refractivity (Wildman–Crippen MR) is 202 cm³/mol. The number of benzene rings is 7. The molecule has 0 spiro atoms. The highest BCUT2D eigenvalue weighted by atomic mass is 28.3. The lowest BCUT2D eigenvalue weighted by Crippen LogP contribution is -2.74. The van der Waals surface area contributed by atoms with Gasteiger partial charge in [0.15, 0.2) is 13.8 Å². The quantitative estimate of drug-likeness (QED) is 0.0993. The van der Waals surface area contributed by atoms with Crippen LogP contribution in [0.3, 0.4) is 0 Å². The van der Waals surface area contributed by atoms with E-state index in [1.165, 1.54) is 15.6 Å². The lowest BCUT2D eigenvalue weighted by atomic mass is 10.0. The van der Waals surface area contributed by atoms with Crippen LogP contribution in [0.15, 0.2) is 176 Å². The normalized spacial score (nSPS) is 11.3. The minimum atomic E-state index is -2.95. The highest BCUT2D eigenvalue weighted by molar-refractivity contribution is 7.20. The third kappa shape index (κ3) is 4.55. The molecule has 8 rings (SSSR count). The molecule has 1 aromatic heterocycles. The first-order chi connectivity index (χ1) is 23.7. The van der Waals surface area contributed by atoms with Crippen LogP contribution in [0.4, 0.5) is 11.4 Å². The molecule has 224 valence electrons. The molecule has 4 heteroatoms. The largest absolute Gasteiger partial charge is 0.319 e. The van der Waals surface area contributed by atoms with Gasteiger partial charge in [0.2, 0.25) is 5.69 Å². The lowest BCUT2D eigenvalue weighted by molar-refractivity contribution is 1.19. The monoisotopic (exact) mass is 627 g/mol. The zero-order valence-electron chi connectivity index (χ0n) is 26.1. The van der Waals surface area contributed by atoms with Gasteiger partial charge in [0.1, 0.15) is 0 Å². The van der Waals surface area contributed by atoms with Gasteiger partial charge in [0.25, 0.3) is 0 Å². The molecule has 0 saturated heterocycles. The second-order valence-electron chi connectivity index (χ2n) is 11.9. The summed E-state index contributed by atoms with van der Waals surface area (Å²) in [7, 11) is -2.95. The Morgan fingerprint density at radius 3 is 1.35 bits per heavy atom. The Labute approximate surface area is 281 Å². The topological polar surface area (TPSA) is 13.7 Å². The number of aromatic nitrogens is 1. The molecule has 0 amide bonds. The lowest BCUT2D eigenvalue weighted by Gasteiger charge is -2.35. The average Bonchev–Trinajstić information content (AvgIpc) is 3.50. The maximum Gasteiger partial charge on any atom is 0.211 e. The molecule has 0 N–H and O–H groups in total. The SMILES string of the molecule is [C-]#[N+]c1cc(-c2ccc([N+]#[C-])c([Si](c3ccccc3)(c3ccccc3)c3ccccc3)c2)ccc1-n1c2ccccc2c2ccccc21. The first kappa shape index (κ1) is 29.0. The third-order valence-electron chi connectivity index (χ3n) is 9.39. The first-order valence-electron chi connectivity index (χ1n) is 15.9. The average molecular weight is 628 g/mol. The van der Waals surface area contributed by atoms with E-state index in [1.807, 2.05) is 30.3 Å². The van der Waals surface area contributed by atoms with Crippen molar-refractivity contribution in [1.29, 1.82) is 0 Å². The summed E-state index contributed by atoms with van der Waals surface area (Å²) in [4.78, 5) is 8.18. The van der Waals surface area contributed by atoms with Gasteiger partial charge in [-0.25, -0.2) is 9.69 Å². The third-order valence-corrected chi connectivity index (χ3v) is 14.2. The fourth-order valence-corrected chi connectivity index (χ4v) is 12.2. The van der Waals surface area contributed by atoms with E-state index in [-0.39, 0.29) is 0 Å². The second kappa shape index (κ2) is 12.0. The van der Waals surface area contributed by atoms with E-state index >= 15 is 0 Å². The number of para-hydroxylation sites is 2. The summed E-state index contributed by atoms with van der Waals surface area (Å²) in [6.45, 7) is 16.6. The van der Waals surface area contributed by atoms with Crippen LogP contribution in [0.1, 0.15) is 0 Å². The van der Waals surface area contributed by atoms with E-state index in [0.29, 0.717) is 11.4 Å². The molecule has 0 aliphatic carbocycles. The highest BCUT2D eigenvalue weighted by Crippen LogP contribution is 2.37. The Kier molecular flexibility index (Phi) is 7.27. The first-order valence-corrected chi connectivity index (χ1v) is 17.9. The van der Waals surface area contributed by atoms with Crippen LogP contribution in [0.25, 0.3) is 48.3 Å². The molecule has 0 fully saturated rings. The van der Waals surface area contributed by atoms with E-state index in [9.17, 15) is 0 Å². The van der Waals surface area contributed by atoms with Crippen LogP contribution in [0.2, 0.25) is 0 Å². The molecule has 0 radical (unpaired) electrons. The molecule has 0 aliphatic heterocycles. The standard InChI is InChI=1S/C44H29N3Si/c1-45-39-28-26-33(31-44(39)48(34-16-6-3-7-17-34,35-18-8-4-9-19-35)36-20-10-5-11-21-36)32-27-29-43(40(30-32)46-2)47-41-24-14-12-22-37(41)38-23-13-15-25-42(38)47/h3-31H. The van der Waals surface area contributed by atoms with Crippen molar-refractivity contribution < 1.29 is 0 Å². The molecule has 0 bridgehead atoms. The van der Waals surface area contributed by atoms with Crippen LogP contribution in [-0.4, -0.2) is 12.6 Å². The van der Waals surface area contributed by atoms with Gasteiger partial charge in [-0.15, -0.1) is 0 Å². The summed E-state index contributed by atoms with van der Waals surface area (Å²) in [6, 6.07) is 61.1. The minimum absolute atomic E-state index is 0.576. The molecule has 3 nitrogen and oxygen atoms in total. The maximum atomic E-state index is 8.34. The number of rotatable bonds is 6.